The van der Waals surface area contributed by atoms with Crippen LogP contribution in [0.3, 0.4) is 0 Å². The third-order valence-corrected chi connectivity index (χ3v) is 3.06. The molecule has 1 atom stereocenters. The van der Waals surface area contributed by atoms with Crippen LogP contribution in [0.1, 0.15) is 45.7 Å². The van der Waals surface area contributed by atoms with E-state index in [2.05, 4.69) is 37.1 Å². The Kier molecular flexibility index (Phi) is 4.59. The van der Waals surface area contributed by atoms with Gasteiger partial charge in [0.25, 0.3) is 0 Å². The molecule has 1 saturated carbocycles. The molecule has 1 fully saturated rings. The van der Waals surface area contributed by atoms with Crippen LogP contribution < -0.4 is 10.1 Å². The Bertz CT molecular complexity index is 375. The Labute approximate surface area is 110 Å². The molecule has 1 unspecified atom stereocenters. The number of aromatic nitrogens is 1. The zero-order chi connectivity index (χ0) is 13.0. The monoisotopic (exact) mass is 248 g/mol. The van der Waals surface area contributed by atoms with E-state index >= 15 is 0 Å². The molecule has 1 aliphatic carbocycles. The van der Waals surface area contributed by atoms with Crippen molar-refractivity contribution >= 4 is 0 Å². The van der Waals surface area contributed by atoms with Crippen LogP contribution in [0, 0.1) is 5.92 Å². The highest BCUT2D eigenvalue weighted by Gasteiger charge is 2.20. The van der Waals surface area contributed by atoms with Crippen LogP contribution in [0.25, 0.3) is 0 Å². The molecule has 0 bridgehead atoms. The van der Waals surface area contributed by atoms with Crippen molar-refractivity contribution in [2.45, 2.75) is 58.7 Å². The maximum absolute atomic E-state index is 5.85. The van der Waals surface area contributed by atoms with Crippen molar-refractivity contribution in [1.82, 2.24) is 10.3 Å². The molecule has 0 aromatic carbocycles. The number of hydrogen-bond donors (Lipinski definition) is 1. The predicted octanol–water partition coefficient (Wildman–Crippen LogP) is 3.15. The fourth-order valence-corrected chi connectivity index (χ4v) is 2.08. The molecule has 0 spiro atoms. The number of pyridine rings is 1. The van der Waals surface area contributed by atoms with Crippen molar-refractivity contribution in [2.24, 2.45) is 5.92 Å². The summed E-state index contributed by atoms with van der Waals surface area (Å²) in [5, 5.41) is 3.47. The second-order valence-corrected chi connectivity index (χ2v) is 5.68. The number of ether oxygens (including phenoxy) is 1. The quantitative estimate of drug-likeness (QED) is 0.805. The van der Waals surface area contributed by atoms with Gasteiger partial charge in [-0.25, -0.2) is 4.98 Å². The minimum atomic E-state index is 0.226. The van der Waals surface area contributed by atoms with Crippen molar-refractivity contribution in [2.75, 3.05) is 0 Å². The van der Waals surface area contributed by atoms with E-state index < -0.39 is 0 Å². The first-order chi connectivity index (χ1) is 8.63. The lowest BCUT2D eigenvalue weighted by molar-refractivity contribution is 0.185. The van der Waals surface area contributed by atoms with Gasteiger partial charge < -0.3 is 10.1 Å². The van der Waals surface area contributed by atoms with Crippen molar-refractivity contribution < 1.29 is 4.74 Å². The molecule has 1 N–H and O–H groups in total. The smallest absolute Gasteiger partial charge is 0.213 e. The predicted molar refractivity (Wildman–Crippen MR) is 73.6 cm³/mol. The summed E-state index contributed by atoms with van der Waals surface area (Å²) in [5.74, 6) is 1.40. The molecule has 1 aromatic heterocycles. The average Bonchev–Trinajstić information content (AvgIpc) is 3.09. The Morgan fingerprint density at radius 1 is 1.33 bits per heavy atom. The number of nitrogens with one attached hydrogen (secondary N) is 1. The van der Waals surface area contributed by atoms with Crippen LogP contribution in [0.15, 0.2) is 18.2 Å². The average molecular weight is 248 g/mol. The molecular weight excluding hydrogens is 224 g/mol. The van der Waals surface area contributed by atoms with E-state index in [1.165, 1.54) is 12.8 Å². The van der Waals surface area contributed by atoms with Gasteiger partial charge in [0.1, 0.15) is 0 Å². The van der Waals surface area contributed by atoms with Gasteiger partial charge >= 0.3 is 0 Å². The first kappa shape index (κ1) is 13.3. The normalized spacial score (nSPS) is 16.9. The van der Waals surface area contributed by atoms with Gasteiger partial charge in [0.2, 0.25) is 5.88 Å². The van der Waals surface area contributed by atoms with E-state index in [9.17, 15) is 0 Å². The Morgan fingerprint density at radius 3 is 2.78 bits per heavy atom. The highest BCUT2D eigenvalue weighted by molar-refractivity contribution is 5.16. The molecule has 18 heavy (non-hydrogen) atoms. The molecule has 0 saturated heterocycles. The van der Waals surface area contributed by atoms with Crippen LogP contribution in [-0.4, -0.2) is 17.1 Å². The molecular formula is C15H24N2O. The van der Waals surface area contributed by atoms with E-state index in [-0.39, 0.29) is 6.10 Å². The molecule has 3 heteroatoms. The summed E-state index contributed by atoms with van der Waals surface area (Å²) in [4.78, 5) is 4.54. The largest absolute Gasteiger partial charge is 0.475 e. The number of hydrogen-bond acceptors (Lipinski definition) is 3. The zero-order valence-electron chi connectivity index (χ0n) is 11.6. The van der Waals surface area contributed by atoms with Crippen LogP contribution in [0.4, 0.5) is 0 Å². The molecule has 0 aliphatic heterocycles. The Morgan fingerprint density at radius 2 is 2.11 bits per heavy atom. The zero-order valence-corrected chi connectivity index (χ0v) is 11.6. The minimum absolute atomic E-state index is 0.226. The molecule has 1 heterocycles. The van der Waals surface area contributed by atoms with Crippen LogP contribution in [-0.2, 0) is 6.54 Å². The van der Waals surface area contributed by atoms with Crippen molar-refractivity contribution in [3.05, 3.63) is 23.9 Å². The fraction of sp³-hybridized carbons (Fsp3) is 0.667. The third-order valence-electron chi connectivity index (χ3n) is 3.06. The van der Waals surface area contributed by atoms with Crippen LogP contribution in [0.2, 0.25) is 0 Å². The minimum Gasteiger partial charge on any atom is -0.475 e. The molecule has 100 valence electrons. The first-order valence-corrected chi connectivity index (χ1v) is 6.99. The SMILES string of the molecule is CC(C)CC(C)Oc1cccc(CNC2CC2)n1. The van der Waals surface area contributed by atoms with Gasteiger partial charge in [-0.3, -0.25) is 0 Å². The second kappa shape index (κ2) is 6.19. The topological polar surface area (TPSA) is 34.1 Å². The van der Waals surface area contributed by atoms with Crippen LogP contribution in [0.5, 0.6) is 5.88 Å². The summed E-state index contributed by atoms with van der Waals surface area (Å²) >= 11 is 0. The Balaban J connectivity index is 1.85. The van der Waals surface area contributed by atoms with E-state index in [0.29, 0.717) is 5.92 Å². The van der Waals surface area contributed by atoms with Gasteiger partial charge in [0.15, 0.2) is 0 Å². The third kappa shape index (κ3) is 4.65. The maximum atomic E-state index is 5.85. The van der Waals surface area contributed by atoms with E-state index in [4.69, 9.17) is 4.74 Å². The van der Waals surface area contributed by atoms with Crippen molar-refractivity contribution in [3.8, 4) is 5.88 Å². The van der Waals surface area contributed by atoms with Crippen molar-refractivity contribution in [1.29, 1.82) is 0 Å². The van der Waals surface area contributed by atoms with Gasteiger partial charge in [0.05, 0.1) is 11.8 Å². The first-order valence-electron chi connectivity index (χ1n) is 6.99. The standard InChI is InChI=1S/C15H24N2O/c1-11(2)9-12(3)18-15-6-4-5-14(17-15)10-16-13-7-8-13/h4-6,11-13,16H,7-10H2,1-3H3. The fourth-order valence-electron chi connectivity index (χ4n) is 2.08. The summed E-state index contributed by atoms with van der Waals surface area (Å²) in [7, 11) is 0. The highest BCUT2D eigenvalue weighted by Crippen LogP contribution is 2.19. The van der Waals surface area contributed by atoms with Crippen LogP contribution >= 0.6 is 0 Å². The second-order valence-electron chi connectivity index (χ2n) is 5.68. The summed E-state index contributed by atoms with van der Waals surface area (Å²) in [5.41, 5.74) is 1.07. The lowest BCUT2D eigenvalue weighted by atomic mass is 10.1. The highest BCUT2D eigenvalue weighted by atomic mass is 16.5. The molecule has 1 aliphatic rings. The lowest BCUT2D eigenvalue weighted by Crippen LogP contribution is -2.18. The Hall–Kier alpha value is -1.09. The van der Waals surface area contributed by atoms with Gasteiger partial charge in [-0.2, -0.15) is 0 Å². The molecule has 1 aromatic rings. The molecule has 0 radical (unpaired) electrons. The van der Waals surface area contributed by atoms with E-state index in [1.54, 1.807) is 0 Å². The molecule has 0 amide bonds. The van der Waals surface area contributed by atoms with Gasteiger partial charge in [0, 0.05) is 18.7 Å². The van der Waals surface area contributed by atoms with Gasteiger partial charge in [-0.1, -0.05) is 19.9 Å². The van der Waals surface area contributed by atoms with E-state index in [1.807, 2.05) is 12.1 Å². The maximum Gasteiger partial charge on any atom is 0.213 e. The summed E-state index contributed by atoms with van der Waals surface area (Å²) in [6, 6.07) is 6.73. The summed E-state index contributed by atoms with van der Waals surface area (Å²) in [6.45, 7) is 7.38. The summed E-state index contributed by atoms with van der Waals surface area (Å²) in [6.07, 6.45) is 3.90. The van der Waals surface area contributed by atoms with Crippen molar-refractivity contribution in [3.63, 3.8) is 0 Å². The number of nitrogens with zero attached hydrogens (tertiary/aromatic N) is 1. The summed E-state index contributed by atoms with van der Waals surface area (Å²) < 4.78 is 5.85. The molecule has 3 nitrogen and oxygen atoms in total. The molecule has 2 rings (SSSR count). The van der Waals surface area contributed by atoms with Gasteiger partial charge in [-0.15, -0.1) is 0 Å². The number of rotatable bonds is 7. The lowest BCUT2D eigenvalue weighted by Gasteiger charge is -2.16. The van der Waals surface area contributed by atoms with Gasteiger partial charge in [-0.05, 0) is 38.2 Å². The van der Waals surface area contributed by atoms with E-state index in [0.717, 1.165) is 30.6 Å².